The normalized spacial score (nSPS) is 21.0. The standard InChI is InChI=1S/C16H22N2O2/c1-4-13(11(2)3)18-10-14(19)17-15(16(18)20)12-8-6-5-7-9-12/h5-9,11,13,15H,4,10H2,1-3H3,(H,17,19). The molecule has 2 rings (SSSR count). The zero-order valence-electron chi connectivity index (χ0n) is 12.3. The molecule has 1 heterocycles. The van der Waals surface area contributed by atoms with Gasteiger partial charge >= 0.3 is 0 Å². The molecule has 1 aliphatic heterocycles. The van der Waals surface area contributed by atoms with Crippen molar-refractivity contribution in [3.8, 4) is 0 Å². The maximum atomic E-state index is 12.7. The predicted octanol–water partition coefficient (Wildman–Crippen LogP) is 2.12. The molecule has 108 valence electrons. The van der Waals surface area contributed by atoms with Crippen LogP contribution in [0.2, 0.25) is 0 Å². The average Bonchev–Trinajstić information content (AvgIpc) is 2.43. The minimum Gasteiger partial charge on any atom is -0.339 e. The summed E-state index contributed by atoms with van der Waals surface area (Å²) in [5, 5.41) is 2.80. The zero-order valence-corrected chi connectivity index (χ0v) is 12.3. The van der Waals surface area contributed by atoms with Crippen LogP contribution in [-0.2, 0) is 9.59 Å². The molecule has 0 bridgehead atoms. The predicted molar refractivity (Wildman–Crippen MR) is 78.0 cm³/mol. The molecular formula is C16H22N2O2. The van der Waals surface area contributed by atoms with Crippen molar-refractivity contribution in [1.82, 2.24) is 10.2 Å². The van der Waals surface area contributed by atoms with Gasteiger partial charge in [0.1, 0.15) is 6.04 Å². The van der Waals surface area contributed by atoms with Crippen LogP contribution < -0.4 is 5.32 Å². The Bertz CT molecular complexity index is 485. The quantitative estimate of drug-likeness (QED) is 0.914. The molecule has 4 heteroatoms. The summed E-state index contributed by atoms with van der Waals surface area (Å²) in [7, 11) is 0. The van der Waals surface area contributed by atoms with Gasteiger partial charge in [0.2, 0.25) is 5.91 Å². The molecule has 1 aromatic rings. The second-order valence-corrected chi connectivity index (χ2v) is 5.60. The molecule has 1 saturated heterocycles. The SMILES string of the molecule is CCC(C(C)C)N1CC(=O)NC(c2ccccc2)C1=O. The minimum absolute atomic E-state index is 0.00338. The molecule has 1 N–H and O–H groups in total. The Kier molecular flexibility index (Phi) is 4.42. The van der Waals surface area contributed by atoms with Crippen molar-refractivity contribution in [1.29, 1.82) is 0 Å². The molecule has 1 aromatic carbocycles. The Hall–Kier alpha value is -1.84. The zero-order chi connectivity index (χ0) is 14.7. The lowest BCUT2D eigenvalue weighted by atomic mass is 9.96. The van der Waals surface area contributed by atoms with Crippen molar-refractivity contribution in [3.63, 3.8) is 0 Å². The van der Waals surface area contributed by atoms with Gasteiger partial charge in [-0.25, -0.2) is 0 Å². The molecule has 20 heavy (non-hydrogen) atoms. The Morgan fingerprint density at radius 2 is 1.90 bits per heavy atom. The van der Waals surface area contributed by atoms with Gasteiger partial charge in [-0.15, -0.1) is 0 Å². The number of nitrogens with zero attached hydrogens (tertiary/aromatic N) is 1. The number of rotatable bonds is 4. The van der Waals surface area contributed by atoms with Gasteiger partial charge in [0.05, 0.1) is 6.54 Å². The Morgan fingerprint density at radius 3 is 2.45 bits per heavy atom. The number of benzene rings is 1. The highest BCUT2D eigenvalue weighted by atomic mass is 16.2. The van der Waals surface area contributed by atoms with E-state index in [1.807, 2.05) is 30.3 Å². The van der Waals surface area contributed by atoms with Gasteiger partial charge in [-0.2, -0.15) is 0 Å². The minimum atomic E-state index is -0.551. The monoisotopic (exact) mass is 274 g/mol. The van der Waals surface area contributed by atoms with Crippen molar-refractivity contribution < 1.29 is 9.59 Å². The smallest absolute Gasteiger partial charge is 0.250 e. The van der Waals surface area contributed by atoms with Crippen molar-refractivity contribution in [2.75, 3.05) is 6.54 Å². The van der Waals surface area contributed by atoms with Gasteiger partial charge in [0, 0.05) is 6.04 Å². The fraction of sp³-hybridized carbons (Fsp3) is 0.500. The second-order valence-electron chi connectivity index (χ2n) is 5.60. The topological polar surface area (TPSA) is 49.4 Å². The molecule has 4 nitrogen and oxygen atoms in total. The Morgan fingerprint density at radius 1 is 1.25 bits per heavy atom. The van der Waals surface area contributed by atoms with Gasteiger partial charge in [0.15, 0.2) is 0 Å². The first kappa shape index (κ1) is 14.6. The van der Waals surface area contributed by atoms with Crippen LogP contribution in [0.5, 0.6) is 0 Å². The number of amides is 2. The summed E-state index contributed by atoms with van der Waals surface area (Å²) in [5.41, 5.74) is 0.842. The van der Waals surface area contributed by atoms with Gasteiger partial charge in [-0.3, -0.25) is 9.59 Å². The fourth-order valence-electron chi connectivity index (χ4n) is 2.87. The molecule has 2 unspecified atom stereocenters. The molecule has 0 radical (unpaired) electrons. The third-order valence-electron chi connectivity index (χ3n) is 3.87. The van der Waals surface area contributed by atoms with Crippen molar-refractivity contribution in [3.05, 3.63) is 35.9 Å². The van der Waals surface area contributed by atoms with E-state index in [4.69, 9.17) is 0 Å². The molecule has 2 atom stereocenters. The fourth-order valence-corrected chi connectivity index (χ4v) is 2.87. The number of hydrogen-bond acceptors (Lipinski definition) is 2. The van der Waals surface area contributed by atoms with Gasteiger partial charge in [-0.1, -0.05) is 51.1 Å². The van der Waals surface area contributed by atoms with E-state index < -0.39 is 6.04 Å². The van der Waals surface area contributed by atoms with E-state index in [9.17, 15) is 9.59 Å². The van der Waals surface area contributed by atoms with E-state index in [-0.39, 0.29) is 24.4 Å². The van der Waals surface area contributed by atoms with E-state index in [2.05, 4.69) is 26.1 Å². The lowest BCUT2D eigenvalue weighted by Gasteiger charge is -2.39. The van der Waals surface area contributed by atoms with E-state index in [1.165, 1.54) is 0 Å². The maximum absolute atomic E-state index is 12.7. The summed E-state index contributed by atoms with van der Waals surface area (Å²) in [4.78, 5) is 26.4. The summed E-state index contributed by atoms with van der Waals surface area (Å²) >= 11 is 0. The largest absolute Gasteiger partial charge is 0.339 e. The lowest BCUT2D eigenvalue weighted by Crippen LogP contribution is -2.57. The lowest BCUT2D eigenvalue weighted by molar-refractivity contribution is -0.147. The molecule has 1 aliphatic rings. The third kappa shape index (κ3) is 2.84. The van der Waals surface area contributed by atoms with Gasteiger partial charge in [0.25, 0.3) is 5.91 Å². The van der Waals surface area contributed by atoms with Gasteiger partial charge < -0.3 is 10.2 Å². The van der Waals surface area contributed by atoms with Crippen molar-refractivity contribution >= 4 is 11.8 Å². The van der Waals surface area contributed by atoms with Crippen LogP contribution in [0.15, 0.2) is 30.3 Å². The first-order valence-corrected chi connectivity index (χ1v) is 7.19. The summed E-state index contributed by atoms with van der Waals surface area (Å²) in [6, 6.07) is 8.98. The Labute approximate surface area is 120 Å². The number of carbonyl (C=O) groups is 2. The highest BCUT2D eigenvalue weighted by Crippen LogP contribution is 2.24. The second kappa shape index (κ2) is 6.07. The van der Waals surface area contributed by atoms with Crippen LogP contribution >= 0.6 is 0 Å². The molecule has 0 saturated carbocycles. The molecule has 2 amide bonds. The number of piperazine rings is 1. The first-order valence-electron chi connectivity index (χ1n) is 7.19. The van der Waals surface area contributed by atoms with Crippen LogP contribution in [0.3, 0.4) is 0 Å². The molecule has 1 fully saturated rings. The summed E-state index contributed by atoms with van der Waals surface area (Å²) in [6.07, 6.45) is 0.859. The van der Waals surface area contributed by atoms with Gasteiger partial charge in [-0.05, 0) is 17.9 Å². The van der Waals surface area contributed by atoms with Crippen LogP contribution in [0.1, 0.15) is 38.8 Å². The summed E-state index contributed by atoms with van der Waals surface area (Å²) in [6.45, 7) is 6.40. The average molecular weight is 274 g/mol. The number of hydrogen-bond donors (Lipinski definition) is 1. The van der Waals surface area contributed by atoms with Crippen LogP contribution in [0.4, 0.5) is 0 Å². The van der Waals surface area contributed by atoms with E-state index in [1.54, 1.807) is 4.90 Å². The van der Waals surface area contributed by atoms with E-state index in [0.29, 0.717) is 5.92 Å². The van der Waals surface area contributed by atoms with E-state index in [0.717, 1.165) is 12.0 Å². The maximum Gasteiger partial charge on any atom is 0.250 e. The number of nitrogens with one attached hydrogen (secondary N) is 1. The van der Waals surface area contributed by atoms with Crippen molar-refractivity contribution in [2.45, 2.75) is 39.3 Å². The van der Waals surface area contributed by atoms with Crippen LogP contribution in [0.25, 0.3) is 0 Å². The van der Waals surface area contributed by atoms with Crippen LogP contribution in [-0.4, -0.2) is 29.3 Å². The highest BCUT2D eigenvalue weighted by Gasteiger charge is 2.37. The number of carbonyl (C=O) groups excluding carboxylic acids is 2. The summed E-state index contributed by atoms with van der Waals surface area (Å²) in [5.74, 6) is 0.250. The van der Waals surface area contributed by atoms with E-state index >= 15 is 0 Å². The van der Waals surface area contributed by atoms with Crippen molar-refractivity contribution in [2.24, 2.45) is 5.92 Å². The first-order chi connectivity index (χ1) is 9.54. The molecule has 0 spiro atoms. The molecule has 0 aromatic heterocycles. The third-order valence-corrected chi connectivity index (χ3v) is 3.87. The Balaban J connectivity index is 2.28. The van der Waals surface area contributed by atoms with Crippen LogP contribution in [0, 0.1) is 5.92 Å². The molecule has 0 aliphatic carbocycles. The summed E-state index contributed by atoms with van der Waals surface area (Å²) < 4.78 is 0. The highest BCUT2D eigenvalue weighted by molar-refractivity contribution is 5.95. The molecular weight excluding hydrogens is 252 g/mol.